The lowest BCUT2D eigenvalue weighted by Crippen LogP contribution is -2.29. The SMILES string of the molecule is N#Cc1c(N)nc(N)nc1N[C@H](c1nc2c(Cl)cc(F)cc2c(=O)n1-c1cn[nH]c1)C1CC1. The van der Waals surface area contributed by atoms with Gasteiger partial charge in [0.15, 0.2) is 5.82 Å². The van der Waals surface area contributed by atoms with Crippen molar-refractivity contribution in [1.82, 2.24) is 29.7 Å². The van der Waals surface area contributed by atoms with Gasteiger partial charge in [-0.15, -0.1) is 0 Å². The smallest absolute Gasteiger partial charge is 0.266 e. The average Bonchev–Trinajstić information content (AvgIpc) is 3.46. The van der Waals surface area contributed by atoms with E-state index in [-0.39, 0.29) is 45.0 Å². The van der Waals surface area contributed by atoms with Gasteiger partial charge in [0.1, 0.15) is 29.1 Å². The van der Waals surface area contributed by atoms with Crippen LogP contribution in [0.5, 0.6) is 0 Å². The highest BCUT2D eigenvalue weighted by Gasteiger charge is 2.37. The second-order valence-electron chi connectivity index (χ2n) is 7.61. The predicted octanol–water partition coefficient (Wildman–Crippen LogP) is 2.29. The standard InChI is InChI=1S/C20H16ClFN10O/c21-13-4-9(22)3-11-15(13)29-18(32(19(11)33)10-6-26-27-7-10)14(8-1-2-8)28-17-12(5-23)16(24)30-20(25)31-17/h3-4,6-8,14H,1-2H2,(H,26,27)(H5,24,25,28,30,31)/t14-/m0/s1. The number of aromatic nitrogens is 6. The van der Waals surface area contributed by atoms with Gasteiger partial charge in [0.25, 0.3) is 5.56 Å². The molecule has 0 spiro atoms. The van der Waals surface area contributed by atoms with Crippen LogP contribution in [0.1, 0.15) is 30.3 Å². The molecule has 5 rings (SSSR count). The van der Waals surface area contributed by atoms with Crippen molar-refractivity contribution in [3.05, 3.63) is 57.1 Å². The minimum absolute atomic E-state index is 0.00507. The molecule has 1 saturated carbocycles. The number of anilines is 3. The minimum atomic E-state index is -0.652. The van der Waals surface area contributed by atoms with Crippen LogP contribution >= 0.6 is 11.6 Å². The predicted molar refractivity (Wildman–Crippen MR) is 119 cm³/mol. The van der Waals surface area contributed by atoms with Gasteiger partial charge in [-0.25, -0.2) is 9.37 Å². The van der Waals surface area contributed by atoms with Crippen LogP contribution in [0.15, 0.2) is 29.3 Å². The third-order valence-electron chi connectivity index (χ3n) is 5.39. The molecule has 166 valence electrons. The fraction of sp³-hybridized carbons (Fsp3) is 0.200. The van der Waals surface area contributed by atoms with Gasteiger partial charge in [0.2, 0.25) is 5.95 Å². The number of hydrogen-bond acceptors (Lipinski definition) is 9. The summed E-state index contributed by atoms with van der Waals surface area (Å²) in [6.07, 6.45) is 4.65. The molecule has 0 bridgehead atoms. The maximum absolute atomic E-state index is 14.0. The molecule has 3 aromatic heterocycles. The van der Waals surface area contributed by atoms with E-state index in [1.165, 1.54) is 17.0 Å². The summed E-state index contributed by atoms with van der Waals surface area (Å²) in [5, 5.41) is 19.3. The first kappa shape index (κ1) is 20.7. The van der Waals surface area contributed by atoms with Crippen LogP contribution in [0.25, 0.3) is 16.6 Å². The highest BCUT2D eigenvalue weighted by Crippen LogP contribution is 2.43. The van der Waals surface area contributed by atoms with E-state index in [0.29, 0.717) is 11.5 Å². The van der Waals surface area contributed by atoms with Crippen molar-refractivity contribution >= 4 is 40.1 Å². The van der Waals surface area contributed by atoms with Crippen LogP contribution < -0.4 is 22.3 Å². The number of nitrogens with one attached hydrogen (secondary N) is 2. The van der Waals surface area contributed by atoms with E-state index < -0.39 is 17.4 Å². The summed E-state index contributed by atoms with van der Waals surface area (Å²) in [6, 6.07) is 3.59. The number of halogens is 2. The van der Waals surface area contributed by atoms with Crippen molar-refractivity contribution in [3.8, 4) is 11.8 Å². The summed E-state index contributed by atoms with van der Waals surface area (Å²) in [4.78, 5) is 26.1. The molecule has 1 aliphatic rings. The summed E-state index contributed by atoms with van der Waals surface area (Å²) < 4.78 is 15.4. The van der Waals surface area contributed by atoms with Crippen molar-refractivity contribution in [2.75, 3.05) is 16.8 Å². The number of H-pyrrole nitrogens is 1. The molecule has 13 heteroatoms. The molecule has 6 N–H and O–H groups in total. The van der Waals surface area contributed by atoms with Crippen LogP contribution in [-0.2, 0) is 0 Å². The van der Waals surface area contributed by atoms with E-state index in [1.807, 2.05) is 6.07 Å². The third-order valence-corrected chi connectivity index (χ3v) is 5.68. The maximum Gasteiger partial charge on any atom is 0.266 e. The highest BCUT2D eigenvalue weighted by atomic mass is 35.5. The molecule has 0 aliphatic heterocycles. The van der Waals surface area contributed by atoms with Gasteiger partial charge >= 0.3 is 0 Å². The van der Waals surface area contributed by atoms with E-state index >= 15 is 0 Å². The van der Waals surface area contributed by atoms with Crippen molar-refractivity contribution in [1.29, 1.82) is 5.26 Å². The number of benzene rings is 1. The number of nitrogen functional groups attached to an aromatic ring is 2. The maximum atomic E-state index is 14.0. The number of rotatable bonds is 5. The molecule has 1 aliphatic carbocycles. The normalized spacial score (nSPS) is 14.2. The fourth-order valence-corrected chi connectivity index (χ4v) is 3.99. The first-order valence-electron chi connectivity index (χ1n) is 9.88. The van der Waals surface area contributed by atoms with Crippen LogP contribution in [0.4, 0.5) is 22.0 Å². The molecule has 4 aromatic rings. The minimum Gasteiger partial charge on any atom is -0.382 e. The van der Waals surface area contributed by atoms with Crippen LogP contribution in [0.2, 0.25) is 5.02 Å². The van der Waals surface area contributed by atoms with Gasteiger partial charge in [-0.3, -0.25) is 14.5 Å². The number of nitriles is 1. The first-order valence-corrected chi connectivity index (χ1v) is 10.3. The van der Waals surface area contributed by atoms with E-state index in [2.05, 4.69) is 30.5 Å². The number of hydrogen-bond donors (Lipinski definition) is 4. The topological polar surface area (TPSA) is 177 Å². The zero-order valence-electron chi connectivity index (χ0n) is 16.9. The first-order chi connectivity index (χ1) is 15.9. The summed E-state index contributed by atoms with van der Waals surface area (Å²) in [7, 11) is 0. The van der Waals surface area contributed by atoms with E-state index in [1.54, 1.807) is 0 Å². The lowest BCUT2D eigenvalue weighted by Gasteiger charge is -2.23. The summed E-state index contributed by atoms with van der Waals surface area (Å²) in [5.74, 6) is -0.349. The van der Waals surface area contributed by atoms with Gasteiger partial charge in [-0.2, -0.15) is 20.3 Å². The Bertz CT molecular complexity index is 1490. The number of nitrogens with zero attached hydrogens (tertiary/aromatic N) is 6. The Morgan fingerprint density at radius 3 is 2.76 bits per heavy atom. The Hall–Kier alpha value is -4.24. The molecule has 33 heavy (non-hydrogen) atoms. The molecule has 3 heterocycles. The summed E-state index contributed by atoms with van der Waals surface area (Å²) in [5.41, 5.74) is 11.7. The van der Waals surface area contributed by atoms with E-state index in [9.17, 15) is 14.4 Å². The molecule has 0 unspecified atom stereocenters. The second kappa shape index (κ2) is 7.72. The largest absolute Gasteiger partial charge is 0.382 e. The summed E-state index contributed by atoms with van der Waals surface area (Å²) in [6.45, 7) is 0. The van der Waals surface area contributed by atoms with Crippen molar-refractivity contribution in [3.63, 3.8) is 0 Å². The quantitative estimate of drug-likeness (QED) is 0.343. The van der Waals surface area contributed by atoms with Gasteiger partial charge in [0, 0.05) is 6.20 Å². The Morgan fingerprint density at radius 1 is 1.30 bits per heavy atom. The molecule has 0 radical (unpaired) electrons. The number of aromatic amines is 1. The van der Waals surface area contributed by atoms with Crippen LogP contribution in [-0.4, -0.2) is 29.7 Å². The zero-order valence-corrected chi connectivity index (χ0v) is 17.6. The molecular formula is C20H16ClFN10O. The van der Waals surface area contributed by atoms with Crippen molar-refractivity contribution < 1.29 is 4.39 Å². The van der Waals surface area contributed by atoms with Gasteiger partial charge in [-0.05, 0) is 30.9 Å². The molecule has 1 atom stereocenters. The summed E-state index contributed by atoms with van der Waals surface area (Å²) >= 11 is 6.25. The molecule has 1 aromatic carbocycles. The third kappa shape index (κ3) is 3.58. The Labute approximate surface area is 190 Å². The molecule has 0 saturated heterocycles. The average molecular weight is 467 g/mol. The second-order valence-corrected chi connectivity index (χ2v) is 8.02. The number of nitrogens with two attached hydrogens (primary N) is 2. The molecule has 11 nitrogen and oxygen atoms in total. The fourth-order valence-electron chi connectivity index (χ4n) is 3.74. The van der Waals surface area contributed by atoms with Crippen molar-refractivity contribution in [2.24, 2.45) is 5.92 Å². The Morgan fingerprint density at radius 2 is 2.09 bits per heavy atom. The van der Waals surface area contributed by atoms with Crippen LogP contribution in [0, 0.1) is 23.1 Å². The Kier molecular flexibility index (Phi) is 4.83. The van der Waals surface area contributed by atoms with Gasteiger partial charge in [0.05, 0.1) is 33.9 Å². The molecule has 0 amide bonds. The highest BCUT2D eigenvalue weighted by molar-refractivity contribution is 6.35. The number of fused-ring (bicyclic) bond motifs is 1. The van der Waals surface area contributed by atoms with E-state index in [0.717, 1.165) is 25.0 Å². The van der Waals surface area contributed by atoms with Crippen molar-refractivity contribution in [2.45, 2.75) is 18.9 Å². The monoisotopic (exact) mass is 466 g/mol. The lowest BCUT2D eigenvalue weighted by atomic mass is 10.1. The van der Waals surface area contributed by atoms with Gasteiger partial charge < -0.3 is 16.8 Å². The zero-order chi connectivity index (χ0) is 23.3. The molecular weight excluding hydrogens is 451 g/mol. The van der Waals surface area contributed by atoms with Crippen LogP contribution in [0.3, 0.4) is 0 Å². The molecule has 1 fully saturated rings. The van der Waals surface area contributed by atoms with Gasteiger partial charge in [-0.1, -0.05) is 11.6 Å². The Balaban J connectivity index is 1.77. The lowest BCUT2D eigenvalue weighted by molar-refractivity contribution is 0.607. The van der Waals surface area contributed by atoms with E-state index in [4.69, 9.17) is 23.1 Å².